The van der Waals surface area contributed by atoms with Gasteiger partial charge in [0.05, 0.1) is 7.11 Å². The zero-order valence-corrected chi connectivity index (χ0v) is 13.9. The Labute approximate surface area is 140 Å². The average Bonchev–Trinajstić information content (AvgIpc) is 3.38. The van der Waals surface area contributed by atoms with Gasteiger partial charge < -0.3 is 10.1 Å². The van der Waals surface area contributed by atoms with E-state index in [4.69, 9.17) is 16.3 Å². The number of rotatable bonds is 5. The lowest BCUT2D eigenvalue weighted by Gasteiger charge is -2.12. The quantitative estimate of drug-likeness (QED) is 0.846. The van der Waals surface area contributed by atoms with Gasteiger partial charge in [-0.15, -0.1) is 0 Å². The monoisotopic (exact) mass is 331 g/mol. The number of methoxy groups -OCH3 is 1. The molecular weight excluding hydrogens is 314 g/mol. The Balaban J connectivity index is 1.88. The summed E-state index contributed by atoms with van der Waals surface area (Å²) >= 11 is 6.29. The molecule has 3 rings (SSSR count). The number of nitrogens with one attached hydrogen (secondary N) is 1. The molecule has 0 bridgehead atoms. The molecule has 0 radical (unpaired) electrons. The first-order chi connectivity index (χ1) is 11.1. The Morgan fingerprint density at radius 1 is 1.39 bits per heavy atom. The van der Waals surface area contributed by atoms with E-state index in [2.05, 4.69) is 21.4 Å². The number of benzene rings is 1. The maximum Gasteiger partial charge on any atom is 0.358 e. The highest BCUT2D eigenvalue weighted by atomic mass is 35.5. The van der Waals surface area contributed by atoms with Crippen LogP contribution in [0.3, 0.4) is 0 Å². The molecule has 1 aliphatic carbocycles. The molecule has 0 saturated heterocycles. The Morgan fingerprint density at radius 3 is 2.83 bits per heavy atom. The summed E-state index contributed by atoms with van der Waals surface area (Å²) in [4.78, 5) is 20.6. The molecule has 6 heteroatoms. The Hall–Kier alpha value is -2.14. The van der Waals surface area contributed by atoms with Crippen LogP contribution in [-0.2, 0) is 11.3 Å². The number of halogens is 1. The lowest BCUT2D eigenvalue weighted by Crippen LogP contribution is -2.12. The van der Waals surface area contributed by atoms with Crippen molar-refractivity contribution in [1.29, 1.82) is 0 Å². The minimum Gasteiger partial charge on any atom is -0.464 e. The lowest BCUT2D eigenvalue weighted by molar-refractivity contribution is 0.0593. The molecule has 2 aromatic rings. The predicted octanol–water partition coefficient (Wildman–Crippen LogP) is 3.71. The van der Waals surface area contributed by atoms with E-state index in [1.165, 1.54) is 12.7 Å². The fourth-order valence-corrected chi connectivity index (χ4v) is 2.57. The molecule has 1 aliphatic rings. The summed E-state index contributed by atoms with van der Waals surface area (Å²) in [6.07, 6.45) is 2.08. The second-order valence-electron chi connectivity index (χ2n) is 5.70. The highest BCUT2D eigenvalue weighted by Crippen LogP contribution is 2.39. The third-order valence-corrected chi connectivity index (χ3v) is 4.09. The van der Waals surface area contributed by atoms with E-state index in [0.717, 1.165) is 18.4 Å². The van der Waals surface area contributed by atoms with Crippen LogP contribution in [0.15, 0.2) is 24.3 Å². The van der Waals surface area contributed by atoms with E-state index >= 15 is 0 Å². The van der Waals surface area contributed by atoms with Gasteiger partial charge >= 0.3 is 5.97 Å². The number of nitrogens with zero attached hydrogens (tertiary/aromatic N) is 2. The van der Waals surface area contributed by atoms with Crippen LogP contribution < -0.4 is 5.32 Å². The summed E-state index contributed by atoms with van der Waals surface area (Å²) < 4.78 is 4.76. The fourth-order valence-electron chi connectivity index (χ4n) is 2.35. The third-order valence-electron chi connectivity index (χ3n) is 3.73. The summed E-state index contributed by atoms with van der Waals surface area (Å²) in [5, 5.41) is 3.41. The van der Waals surface area contributed by atoms with E-state index in [-0.39, 0.29) is 10.7 Å². The van der Waals surface area contributed by atoms with Crippen LogP contribution in [0.2, 0.25) is 5.02 Å². The summed E-state index contributed by atoms with van der Waals surface area (Å²) in [5.74, 6) is 0.903. The van der Waals surface area contributed by atoms with Crippen molar-refractivity contribution in [2.75, 3.05) is 12.4 Å². The molecular formula is C17H18ClN3O2. The van der Waals surface area contributed by atoms with Gasteiger partial charge in [0.15, 0.2) is 5.69 Å². The molecule has 0 amide bonds. The van der Waals surface area contributed by atoms with Gasteiger partial charge in [-0.25, -0.2) is 14.8 Å². The average molecular weight is 332 g/mol. The van der Waals surface area contributed by atoms with Crippen molar-refractivity contribution in [2.45, 2.75) is 32.2 Å². The number of hydrogen-bond donors (Lipinski definition) is 1. The van der Waals surface area contributed by atoms with Gasteiger partial charge in [-0.05, 0) is 25.3 Å². The fraction of sp³-hybridized carbons (Fsp3) is 0.353. The van der Waals surface area contributed by atoms with Crippen LogP contribution in [0.5, 0.6) is 0 Å². The molecule has 1 aromatic carbocycles. The van der Waals surface area contributed by atoms with Crippen molar-refractivity contribution in [2.24, 2.45) is 0 Å². The molecule has 1 saturated carbocycles. The summed E-state index contributed by atoms with van der Waals surface area (Å²) in [5.41, 5.74) is 2.43. The van der Waals surface area contributed by atoms with Crippen LogP contribution >= 0.6 is 11.6 Å². The number of aromatic nitrogens is 2. The number of aryl methyl sites for hydroxylation is 1. The summed E-state index contributed by atoms with van der Waals surface area (Å²) in [6.45, 7) is 2.62. The predicted molar refractivity (Wildman–Crippen MR) is 88.9 cm³/mol. The first-order valence-corrected chi connectivity index (χ1v) is 7.91. The van der Waals surface area contributed by atoms with E-state index in [1.807, 2.05) is 25.1 Å². The molecule has 1 N–H and O–H groups in total. The second-order valence-corrected chi connectivity index (χ2v) is 6.08. The molecule has 0 unspecified atom stereocenters. The molecule has 23 heavy (non-hydrogen) atoms. The molecule has 0 atom stereocenters. The first-order valence-electron chi connectivity index (χ1n) is 7.53. The molecule has 0 spiro atoms. The van der Waals surface area contributed by atoms with Gasteiger partial charge in [0.25, 0.3) is 0 Å². The largest absolute Gasteiger partial charge is 0.464 e. The van der Waals surface area contributed by atoms with Crippen molar-refractivity contribution >= 4 is 23.4 Å². The molecule has 5 nitrogen and oxygen atoms in total. The van der Waals surface area contributed by atoms with Gasteiger partial charge in [0, 0.05) is 12.5 Å². The molecule has 0 aliphatic heterocycles. The number of carbonyl (C=O) groups excluding carboxylic acids is 1. The Morgan fingerprint density at radius 2 is 2.17 bits per heavy atom. The normalized spacial score (nSPS) is 13.7. The number of carbonyl (C=O) groups is 1. The molecule has 120 valence electrons. The van der Waals surface area contributed by atoms with Crippen molar-refractivity contribution < 1.29 is 9.53 Å². The highest BCUT2D eigenvalue weighted by molar-refractivity contribution is 6.35. The number of ether oxygens (including phenoxy) is 1. The standard InChI is InChI=1S/C17H18ClN3O2/c1-10-4-3-5-11(8-10)9-19-16-13(18)14(17(22)23-2)20-15(21-16)12-6-7-12/h3-5,8,12H,6-7,9H2,1-2H3,(H,19,20,21). The maximum atomic E-state index is 11.9. The number of esters is 1. The Kier molecular flexibility index (Phi) is 4.48. The minimum atomic E-state index is -0.544. The zero-order chi connectivity index (χ0) is 16.4. The SMILES string of the molecule is COC(=O)c1nc(C2CC2)nc(NCc2cccc(C)c2)c1Cl. The minimum absolute atomic E-state index is 0.123. The van der Waals surface area contributed by atoms with Gasteiger partial charge in [0.1, 0.15) is 16.7 Å². The third kappa shape index (κ3) is 3.62. The van der Waals surface area contributed by atoms with Crippen molar-refractivity contribution in [3.63, 3.8) is 0 Å². The van der Waals surface area contributed by atoms with Crippen LogP contribution in [0.4, 0.5) is 5.82 Å². The molecule has 1 aromatic heterocycles. The van der Waals surface area contributed by atoms with Crippen LogP contribution in [-0.4, -0.2) is 23.0 Å². The smallest absolute Gasteiger partial charge is 0.358 e. The summed E-state index contributed by atoms with van der Waals surface area (Å²) in [6, 6.07) is 8.16. The maximum absolute atomic E-state index is 11.9. The van der Waals surface area contributed by atoms with Crippen LogP contribution in [0, 0.1) is 6.92 Å². The second kappa shape index (κ2) is 6.54. The first kappa shape index (κ1) is 15.7. The van der Waals surface area contributed by atoms with E-state index in [0.29, 0.717) is 24.1 Å². The van der Waals surface area contributed by atoms with Gasteiger partial charge in [0.2, 0.25) is 0 Å². The molecule has 1 fully saturated rings. The van der Waals surface area contributed by atoms with Gasteiger partial charge in [-0.3, -0.25) is 0 Å². The van der Waals surface area contributed by atoms with E-state index in [9.17, 15) is 4.79 Å². The number of hydrogen-bond acceptors (Lipinski definition) is 5. The van der Waals surface area contributed by atoms with Crippen molar-refractivity contribution in [3.05, 3.63) is 51.9 Å². The number of anilines is 1. The highest BCUT2D eigenvalue weighted by Gasteiger charge is 2.30. The van der Waals surface area contributed by atoms with E-state index in [1.54, 1.807) is 0 Å². The van der Waals surface area contributed by atoms with E-state index < -0.39 is 5.97 Å². The van der Waals surface area contributed by atoms with Crippen molar-refractivity contribution in [3.8, 4) is 0 Å². The summed E-state index contributed by atoms with van der Waals surface area (Å²) in [7, 11) is 1.32. The topological polar surface area (TPSA) is 64.1 Å². The van der Waals surface area contributed by atoms with Crippen LogP contribution in [0.1, 0.15) is 46.2 Å². The van der Waals surface area contributed by atoms with Crippen molar-refractivity contribution in [1.82, 2.24) is 9.97 Å². The van der Waals surface area contributed by atoms with Crippen LogP contribution in [0.25, 0.3) is 0 Å². The Bertz CT molecular complexity index is 745. The molecule has 1 heterocycles. The lowest BCUT2D eigenvalue weighted by atomic mass is 10.1. The zero-order valence-electron chi connectivity index (χ0n) is 13.1. The van der Waals surface area contributed by atoms with Gasteiger partial charge in [-0.1, -0.05) is 41.4 Å². The van der Waals surface area contributed by atoms with Gasteiger partial charge in [-0.2, -0.15) is 0 Å².